The van der Waals surface area contributed by atoms with Crippen LogP contribution >= 0.6 is 15.9 Å². The van der Waals surface area contributed by atoms with E-state index in [0.717, 1.165) is 17.6 Å². The number of rotatable bonds is 6. The van der Waals surface area contributed by atoms with Crippen molar-refractivity contribution in [1.82, 2.24) is 5.32 Å². The van der Waals surface area contributed by atoms with Crippen molar-refractivity contribution >= 4 is 21.9 Å². The Morgan fingerprint density at radius 1 is 1.50 bits per heavy atom. The molecule has 3 nitrogen and oxygen atoms in total. The van der Waals surface area contributed by atoms with E-state index in [9.17, 15) is 4.79 Å². The van der Waals surface area contributed by atoms with Gasteiger partial charge in [-0.15, -0.1) is 0 Å². The quantitative estimate of drug-likeness (QED) is 0.790. The summed E-state index contributed by atoms with van der Waals surface area (Å²) in [5.41, 5.74) is 2.42. The smallest absolute Gasteiger partial charge is 0.303 e. The molecule has 4 heteroatoms. The number of halogens is 1. The predicted octanol–water partition coefficient (Wildman–Crippen LogP) is 2.71. The molecule has 0 aliphatic carbocycles. The zero-order valence-electron chi connectivity index (χ0n) is 9.29. The molecular formula is C12H16BrNO2. The molecule has 16 heavy (non-hydrogen) atoms. The molecule has 0 fully saturated rings. The molecule has 1 rings (SSSR count). The monoisotopic (exact) mass is 285 g/mol. The second-order valence-corrected chi connectivity index (χ2v) is 4.62. The first-order chi connectivity index (χ1) is 7.59. The van der Waals surface area contributed by atoms with Crippen LogP contribution in [0.1, 0.15) is 24.0 Å². The molecule has 0 aliphatic rings. The average Bonchev–Trinajstić information content (AvgIpc) is 2.20. The van der Waals surface area contributed by atoms with Gasteiger partial charge >= 0.3 is 5.97 Å². The normalized spacial score (nSPS) is 10.4. The number of carboxylic acid groups (broad SMARTS) is 1. The van der Waals surface area contributed by atoms with Crippen LogP contribution < -0.4 is 5.32 Å². The summed E-state index contributed by atoms with van der Waals surface area (Å²) >= 11 is 3.51. The second kappa shape index (κ2) is 6.66. The minimum Gasteiger partial charge on any atom is -0.481 e. The van der Waals surface area contributed by atoms with Gasteiger partial charge in [-0.1, -0.05) is 28.1 Å². The van der Waals surface area contributed by atoms with Crippen LogP contribution in [0.4, 0.5) is 0 Å². The highest BCUT2D eigenvalue weighted by atomic mass is 79.9. The zero-order chi connectivity index (χ0) is 12.0. The maximum atomic E-state index is 10.3. The first kappa shape index (κ1) is 13.2. The fourth-order valence-electron chi connectivity index (χ4n) is 1.38. The Labute approximate surface area is 104 Å². The fraction of sp³-hybridized carbons (Fsp3) is 0.417. The lowest BCUT2D eigenvalue weighted by atomic mass is 10.1. The third kappa shape index (κ3) is 4.77. The van der Waals surface area contributed by atoms with Crippen LogP contribution in [-0.4, -0.2) is 17.6 Å². The van der Waals surface area contributed by atoms with Gasteiger partial charge in [0.1, 0.15) is 0 Å². The van der Waals surface area contributed by atoms with Crippen molar-refractivity contribution in [3.8, 4) is 0 Å². The van der Waals surface area contributed by atoms with E-state index < -0.39 is 5.97 Å². The molecule has 0 saturated heterocycles. The highest BCUT2D eigenvalue weighted by molar-refractivity contribution is 9.10. The van der Waals surface area contributed by atoms with Gasteiger partial charge in [0.15, 0.2) is 0 Å². The predicted molar refractivity (Wildman–Crippen MR) is 67.5 cm³/mol. The van der Waals surface area contributed by atoms with E-state index in [4.69, 9.17) is 5.11 Å². The summed E-state index contributed by atoms with van der Waals surface area (Å²) in [5, 5.41) is 11.7. The lowest BCUT2D eigenvalue weighted by Gasteiger charge is -2.07. The Morgan fingerprint density at radius 3 is 2.88 bits per heavy atom. The third-order valence-corrected chi connectivity index (χ3v) is 3.01. The number of carbonyl (C=O) groups is 1. The van der Waals surface area contributed by atoms with Crippen LogP contribution in [0.15, 0.2) is 22.7 Å². The Bertz CT molecular complexity index is 366. The summed E-state index contributed by atoms with van der Waals surface area (Å²) in [6.45, 7) is 3.54. The maximum absolute atomic E-state index is 10.3. The van der Waals surface area contributed by atoms with E-state index in [1.165, 1.54) is 11.1 Å². The molecule has 1 aromatic rings. The highest BCUT2D eigenvalue weighted by Gasteiger charge is 2.00. The molecule has 0 spiro atoms. The van der Waals surface area contributed by atoms with Gasteiger partial charge in [-0.05, 0) is 37.1 Å². The zero-order valence-corrected chi connectivity index (χ0v) is 10.9. The fourth-order valence-corrected chi connectivity index (χ4v) is 2.02. The second-order valence-electron chi connectivity index (χ2n) is 3.77. The molecule has 0 saturated carbocycles. The largest absolute Gasteiger partial charge is 0.481 e. The van der Waals surface area contributed by atoms with E-state index in [-0.39, 0.29) is 6.42 Å². The van der Waals surface area contributed by atoms with Gasteiger partial charge in [-0.25, -0.2) is 0 Å². The summed E-state index contributed by atoms with van der Waals surface area (Å²) in [5.74, 6) is -0.738. The molecule has 0 aliphatic heterocycles. The molecule has 1 aromatic carbocycles. The van der Waals surface area contributed by atoms with E-state index in [1.807, 2.05) is 0 Å². The van der Waals surface area contributed by atoms with Crippen LogP contribution in [-0.2, 0) is 11.3 Å². The average molecular weight is 286 g/mol. The molecule has 0 aromatic heterocycles. The Morgan fingerprint density at radius 2 is 2.25 bits per heavy atom. The molecule has 2 N–H and O–H groups in total. The number of hydrogen-bond acceptors (Lipinski definition) is 2. The molecule has 0 atom stereocenters. The van der Waals surface area contributed by atoms with E-state index >= 15 is 0 Å². The molecule has 0 unspecified atom stereocenters. The van der Waals surface area contributed by atoms with Gasteiger partial charge in [0, 0.05) is 17.4 Å². The van der Waals surface area contributed by atoms with E-state index in [1.54, 1.807) is 0 Å². The topological polar surface area (TPSA) is 49.3 Å². The first-order valence-corrected chi connectivity index (χ1v) is 6.06. The van der Waals surface area contributed by atoms with Crippen LogP contribution in [0.3, 0.4) is 0 Å². The summed E-state index contributed by atoms with van der Waals surface area (Å²) < 4.78 is 1.10. The number of aliphatic carboxylic acids is 1. The van der Waals surface area contributed by atoms with Gasteiger partial charge in [0.25, 0.3) is 0 Å². The minimum absolute atomic E-state index is 0.224. The van der Waals surface area contributed by atoms with Crippen molar-refractivity contribution in [2.75, 3.05) is 6.54 Å². The number of nitrogens with one attached hydrogen (secondary N) is 1. The summed E-state index contributed by atoms with van der Waals surface area (Å²) in [6, 6.07) is 6.22. The van der Waals surface area contributed by atoms with Crippen molar-refractivity contribution < 1.29 is 9.90 Å². The summed E-state index contributed by atoms with van der Waals surface area (Å²) in [6.07, 6.45) is 0.890. The number of aryl methyl sites for hydroxylation is 1. The van der Waals surface area contributed by atoms with Crippen molar-refractivity contribution in [1.29, 1.82) is 0 Å². The third-order valence-electron chi connectivity index (χ3n) is 2.27. The van der Waals surface area contributed by atoms with Crippen LogP contribution in [0.2, 0.25) is 0 Å². The first-order valence-electron chi connectivity index (χ1n) is 5.27. The molecular weight excluding hydrogens is 270 g/mol. The lowest BCUT2D eigenvalue weighted by molar-refractivity contribution is -0.137. The molecule has 0 heterocycles. The number of carboxylic acids is 1. The molecule has 0 bridgehead atoms. The lowest BCUT2D eigenvalue weighted by Crippen LogP contribution is -2.16. The molecule has 0 radical (unpaired) electrons. The van der Waals surface area contributed by atoms with Crippen molar-refractivity contribution in [2.24, 2.45) is 0 Å². The van der Waals surface area contributed by atoms with Crippen molar-refractivity contribution in [2.45, 2.75) is 26.3 Å². The van der Waals surface area contributed by atoms with Crippen LogP contribution in [0.25, 0.3) is 0 Å². The van der Waals surface area contributed by atoms with Crippen LogP contribution in [0, 0.1) is 6.92 Å². The summed E-state index contributed by atoms with van der Waals surface area (Å²) in [4.78, 5) is 10.3. The number of hydrogen-bond donors (Lipinski definition) is 2. The van der Waals surface area contributed by atoms with Crippen molar-refractivity contribution in [3.63, 3.8) is 0 Å². The van der Waals surface area contributed by atoms with Gasteiger partial charge in [0.05, 0.1) is 0 Å². The van der Waals surface area contributed by atoms with E-state index in [0.29, 0.717) is 6.42 Å². The standard InChI is InChI=1S/C12H16BrNO2/c1-9-4-5-10(11(13)7-9)8-14-6-2-3-12(15)16/h4-5,7,14H,2-3,6,8H2,1H3,(H,15,16). The van der Waals surface area contributed by atoms with E-state index in [2.05, 4.69) is 46.4 Å². The SMILES string of the molecule is Cc1ccc(CNCCCC(=O)O)c(Br)c1. The Balaban J connectivity index is 2.29. The maximum Gasteiger partial charge on any atom is 0.303 e. The number of benzene rings is 1. The van der Waals surface area contributed by atoms with Gasteiger partial charge in [-0.3, -0.25) is 4.79 Å². The molecule has 88 valence electrons. The Hall–Kier alpha value is -0.870. The van der Waals surface area contributed by atoms with Gasteiger partial charge in [0.2, 0.25) is 0 Å². The van der Waals surface area contributed by atoms with Crippen LogP contribution in [0.5, 0.6) is 0 Å². The highest BCUT2D eigenvalue weighted by Crippen LogP contribution is 2.17. The Kier molecular flexibility index (Phi) is 5.49. The summed E-state index contributed by atoms with van der Waals surface area (Å²) in [7, 11) is 0. The van der Waals surface area contributed by atoms with Crippen molar-refractivity contribution in [3.05, 3.63) is 33.8 Å². The molecule has 0 amide bonds. The van der Waals surface area contributed by atoms with Gasteiger partial charge < -0.3 is 10.4 Å². The minimum atomic E-state index is -0.738. The van der Waals surface area contributed by atoms with Gasteiger partial charge in [-0.2, -0.15) is 0 Å².